The smallest absolute Gasteiger partial charge is 0.127 e. The maximum atomic E-state index is 5.95. The summed E-state index contributed by atoms with van der Waals surface area (Å²) in [5.74, 6) is 4.12. The molecule has 266 valence electrons. The molecule has 0 amide bonds. The zero-order valence-electron chi connectivity index (χ0n) is 30.2. The monoisotopic (exact) mass is 706 g/mol. The van der Waals surface area contributed by atoms with E-state index in [0.717, 1.165) is 77.9 Å². The maximum absolute atomic E-state index is 5.95. The molecule has 3 N–H and O–H groups in total. The molecule has 10 heteroatoms. The van der Waals surface area contributed by atoms with Crippen LogP contribution in [0.5, 0.6) is 34.5 Å². The first kappa shape index (κ1) is 33.3. The van der Waals surface area contributed by atoms with Crippen molar-refractivity contribution in [2.24, 2.45) is 0 Å². The summed E-state index contributed by atoms with van der Waals surface area (Å²) >= 11 is 0. The highest BCUT2D eigenvalue weighted by atomic mass is 16.5. The molecule has 4 aromatic heterocycles. The van der Waals surface area contributed by atoms with E-state index in [1.54, 1.807) is 42.7 Å². The van der Waals surface area contributed by atoms with Crippen molar-refractivity contribution in [2.45, 2.75) is 0 Å². The number of nitrogens with one attached hydrogen (secondary N) is 3. The highest BCUT2D eigenvalue weighted by Crippen LogP contribution is 2.43. The summed E-state index contributed by atoms with van der Waals surface area (Å²) in [4.78, 5) is 16.5. The second kappa shape index (κ2) is 13.7. The van der Waals surface area contributed by atoms with Crippen molar-refractivity contribution in [3.8, 4) is 67.9 Å². The standard InChI is InChI=1S/C43H38N4O6/c1-48-24-7-18-38(51-4)27(21-24)41-32-12-10-30(44-32)31-11-13-33(45-31)42(28-22-25(49-2)8-19-39(28)52-5)35-15-17-37(47-35)43(36-16-14-34(41)46-36)29-23-26(50-3)9-20-40(29)53-6/h7-23,44-46H,1-6H3. The molecule has 0 aliphatic carbocycles. The zero-order valence-corrected chi connectivity index (χ0v) is 30.2. The number of aromatic nitrogens is 4. The summed E-state index contributed by atoms with van der Waals surface area (Å²) in [6, 6.07) is 29.7. The van der Waals surface area contributed by atoms with Crippen molar-refractivity contribution in [1.82, 2.24) is 19.9 Å². The van der Waals surface area contributed by atoms with Gasteiger partial charge in [0.25, 0.3) is 0 Å². The Morgan fingerprint density at radius 3 is 1.04 bits per heavy atom. The van der Waals surface area contributed by atoms with Crippen molar-refractivity contribution in [2.75, 3.05) is 42.7 Å². The van der Waals surface area contributed by atoms with E-state index in [1.165, 1.54) is 0 Å². The van der Waals surface area contributed by atoms with Gasteiger partial charge in [-0.3, -0.25) is 0 Å². The van der Waals surface area contributed by atoms with E-state index < -0.39 is 0 Å². The zero-order chi connectivity index (χ0) is 36.6. The van der Waals surface area contributed by atoms with E-state index in [9.17, 15) is 0 Å². The van der Waals surface area contributed by atoms with Crippen LogP contribution < -0.4 is 28.4 Å². The number of fused-ring (bicyclic) bond motifs is 9. The number of hydrogen-bond donors (Lipinski definition) is 3. The lowest BCUT2D eigenvalue weighted by Crippen LogP contribution is -1.94. The first-order valence-corrected chi connectivity index (χ1v) is 17.0. The van der Waals surface area contributed by atoms with Crippen LogP contribution in [-0.4, -0.2) is 62.6 Å². The Balaban J connectivity index is 1.59. The van der Waals surface area contributed by atoms with Crippen LogP contribution in [0.1, 0.15) is 11.4 Å². The van der Waals surface area contributed by atoms with Crippen LogP contribution in [0.2, 0.25) is 0 Å². The van der Waals surface area contributed by atoms with Crippen LogP contribution in [0, 0.1) is 0 Å². The summed E-state index contributed by atoms with van der Waals surface area (Å²) in [7, 11) is 9.96. The molecule has 0 atom stereocenters. The Bertz CT molecular complexity index is 2670. The molecular formula is C43H38N4O6. The number of nitrogens with zero attached hydrogens (tertiary/aromatic N) is 1. The predicted molar refractivity (Wildman–Crippen MR) is 211 cm³/mol. The van der Waals surface area contributed by atoms with Crippen LogP contribution >= 0.6 is 0 Å². The second-order valence-corrected chi connectivity index (χ2v) is 12.4. The van der Waals surface area contributed by atoms with Crippen LogP contribution in [0.15, 0.2) is 91.0 Å². The molecule has 8 bridgehead atoms. The highest BCUT2D eigenvalue weighted by Gasteiger charge is 2.21. The molecule has 7 aromatic rings. The molecule has 0 fully saturated rings. The summed E-state index contributed by atoms with van der Waals surface area (Å²) < 4.78 is 34.9. The minimum atomic E-state index is 0.666. The summed E-state index contributed by atoms with van der Waals surface area (Å²) in [5.41, 5.74) is 11.7. The van der Waals surface area contributed by atoms with E-state index >= 15 is 0 Å². The Labute approximate surface area is 305 Å². The summed E-state index contributed by atoms with van der Waals surface area (Å²) in [6.45, 7) is 0. The fourth-order valence-corrected chi connectivity index (χ4v) is 7.03. The lowest BCUT2D eigenvalue weighted by Gasteiger charge is -2.13. The summed E-state index contributed by atoms with van der Waals surface area (Å²) in [5, 5.41) is 0. The molecule has 0 saturated heterocycles. The van der Waals surface area contributed by atoms with Crippen molar-refractivity contribution < 1.29 is 28.4 Å². The third kappa shape index (κ3) is 5.84. The summed E-state index contributed by atoms with van der Waals surface area (Å²) in [6.07, 6.45) is 4.05. The van der Waals surface area contributed by atoms with Gasteiger partial charge in [0.1, 0.15) is 34.5 Å². The number of aromatic amines is 3. The molecule has 3 aromatic carbocycles. The SMILES string of the molecule is COc1ccc(OC)c(-c2c3nc(c(-c4cc(OC)ccc4OC)c4ccc([nH]4)c4ccc([nH]4)c(-c4cc(OC)ccc4OC)c4ccc2[nH]4)C=C3)c1. The Hall–Kier alpha value is -6.81. The number of rotatable bonds is 9. The van der Waals surface area contributed by atoms with Gasteiger partial charge in [0, 0.05) is 55.4 Å². The lowest BCUT2D eigenvalue weighted by molar-refractivity contribution is 0.404. The van der Waals surface area contributed by atoms with Gasteiger partial charge in [-0.1, -0.05) is 0 Å². The molecule has 0 unspecified atom stereocenters. The number of ether oxygens (including phenoxy) is 6. The minimum absolute atomic E-state index is 0.666. The van der Waals surface area contributed by atoms with E-state index in [0.29, 0.717) is 34.5 Å². The average molecular weight is 707 g/mol. The molecule has 8 rings (SSSR count). The Morgan fingerprint density at radius 2 is 0.679 bits per heavy atom. The van der Waals surface area contributed by atoms with Gasteiger partial charge in [-0.15, -0.1) is 0 Å². The Kier molecular flexibility index (Phi) is 8.63. The molecular weight excluding hydrogens is 668 g/mol. The third-order valence-corrected chi connectivity index (χ3v) is 9.61. The van der Waals surface area contributed by atoms with Gasteiger partial charge >= 0.3 is 0 Å². The molecule has 10 nitrogen and oxygen atoms in total. The third-order valence-electron chi connectivity index (χ3n) is 9.61. The van der Waals surface area contributed by atoms with Crippen LogP contribution in [0.3, 0.4) is 0 Å². The van der Waals surface area contributed by atoms with E-state index in [4.69, 9.17) is 33.4 Å². The fourth-order valence-electron chi connectivity index (χ4n) is 7.03. The number of hydrogen-bond acceptors (Lipinski definition) is 7. The van der Waals surface area contributed by atoms with Crippen molar-refractivity contribution in [3.05, 3.63) is 102 Å². The van der Waals surface area contributed by atoms with Crippen LogP contribution in [0.4, 0.5) is 0 Å². The second-order valence-electron chi connectivity index (χ2n) is 12.4. The Morgan fingerprint density at radius 1 is 0.358 bits per heavy atom. The van der Waals surface area contributed by atoms with E-state index in [-0.39, 0.29) is 0 Å². The molecule has 0 saturated carbocycles. The molecule has 0 spiro atoms. The van der Waals surface area contributed by atoms with Crippen molar-refractivity contribution in [3.63, 3.8) is 0 Å². The fraction of sp³-hybridized carbons (Fsp3) is 0.140. The normalized spacial score (nSPS) is 11.5. The van der Waals surface area contributed by atoms with Crippen LogP contribution in [-0.2, 0) is 0 Å². The van der Waals surface area contributed by atoms with Crippen molar-refractivity contribution in [1.29, 1.82) is 0 Å². The molecule has 0 radical (unpaired) electrons. The first-order chi connectivity index (χ1) is 26.0. The van der Waals surface area contributed by atoms with Crippen molar-refractivity contribution >= 4 is 45.3 Å². The van der Waals surface area contributed by atoms with Gasteiger partial charge in [0.2, 0.25) is 0 Å². The average Bonchev–Trinajstić information content (AvgIpc) is 4.04. The number of benzene rings is 3. The number of methoxy groups -OCH3 is 6. The number of H-pyrrole nitrogens is 3. The van der Waals surface area contributed by atoms with Gasteiger partial charge in [-0.25, -0.2) is 4.98 Å². The van der Waals surface area contributed by atoms with Gasteiger partial charge in [0.05, 0.1) is 65.1 Å². The van der Waals surface area contributed by atoms with Gasteiger partial charge < -0.3 is 43.4 Å². The maximum Gasteiger partial charge on any atom is 0.127 e. The predicted octanol–water partition coefficient (Wildman–Crippen LogP) is 9.75. The van der Waals surface area contributed by atoms with Crippen LogP contribution in [0.25, 0.3) is 78.6 Å². The minimum Gasteiger partial charge on any atom is -0.497 e. The van der Waals surface area contributed by atoms with Gasteiger partial charge in [-0.2, -0.15) is 0 Å². The molecule has 1 aliphatic rings. The quantitative estimate of drug-likeness (QED) is 0.137. The molecule has 5 heterocycles. The largest absolute Gasteiger partial charge is 0.497 e. The molecule has 1 aliphatic heterocycles. The van der Waals surface area contributed by atoms with Gasteiger partial charge in [-0.05, 0) is 103 Å². The lowest BCUT2D eigenvalue weighted by atomic mass is 10.0. The molecule has 53 heavy (non-hydrogen) atoms. The van der Waals surface area contributed by atoms with Gasteiger partial charge in [0.15, 0.2) is 0 Å². The van der Waals surface area contributed by atoms with E-state index in [2.05, 4.69) is 51.4 Å². The van der Waals surface area contributed by atoms with E-state index in [1.807, 2.05) is 66.7 Å². The first-order valence-electron chi connectivity index (χ1n) is 17.0. The highest BCUT2D eigenvalue weighted by molar-refractivity contribution is 6.01. The topological polar surface area (TPSA) is 116 Å².